The van der Waals surface area contributed by atoms with Gasteiger partial charge in [-0.15, -0.1) is 0 Å². The van der Waals surface area contributed by atoms with Crippen molar-refractivity contribution < 1.29 is 22.8 Å². The molecule has 2 heterocycles. The van der Waals surface area contributed by atoms with E-state index in [9.17, 15) is 22.8 Å². The van der Waals surface area contributed by atoms with E-state index in [1.807, 2.05) is 13.8 Å². The quantitative estimate of drug-likeness (QED) is 0.788. The number of rotatable bonds is 4. The second-order valence-electron chi connectivity index (χ2n) is 7.08. The summed E-state index contributed by atoms with van der Waals surface area (Å²) >= 11 is 0. The van der Waals surface area contributed by atoms with Gasteiger partial charge >= 0.3 is 6.18 Å². The van der Waals surface area contributed by atoms with Crippen LogP contribution in [-0.4, -0.2) is 48.5 Å². The number of benzene rings is 1. The van der Waals surface area contributed by atoms with Gasteiger partial charge in [0.1, 0.15) is 5.69 Å². The summed E-state index contributed by atoms with van der Waals surface area (Å²) in [6.45, 7) is 3.93. The Balaban J connectivity index is 2.02. The zero-order chi connectivity index (χ0) is 22.2. The number of hydrogen-bond donors (Lipinski definition) is 2. The van der Waals surface area contributed by atoms with Gasteiger partial charge in [-0.25, -0.2) is 4.98 Å². The Kier molecular flexibility index (Phi) is 5.55. The van der Waals surface area contributed by atoms with E-state index in [0.29, 0.717) is 11.5 Å². The third-order valence-electron chi connectivity index (χ3n) is 4.69. The molecule has 1 aliphatic heterocycles. The molecule has 0 atom stereocenters. The van der Waals surface area contributed by atoms with Crippen molar-refractivity contribution in [1.29, 1.82) is 0 Å². The Labute approximate surface area is 171 Å². The van der Waals surface area contributed by atoms with Crippen LogP contribution in [0.5, 0.6) is 0 Å². The molecule has 0 saturated heterocycles. The van der Waals surface area contributed by atoms with Gasteiger partial charge in [0.2, 0.25) is 11.9 Å². The molecule has 1 aromatic heterocycles. The van der Waals surface area contributed by atoms with Crippen LogP contribution in [0.15, 0.2) is 24.4 Å². The van der Waals surface area contributed by atoms with Crippen LogP contribution in [-0.2, 0) is 11.0 Å². The molecule has 0 unspecified atom stereocenters. The molecule has 0 aliphatic carbocycles. The number of carbonyl (C=O) groups is 2. The predicted molar refractivity (Wildman–Crippen MR) is 106 cm³/mol. The maximum absolute atomic E-state index is 13.3. The van der Waals surface area contributed by atoms with E-state index < -0.39 is 17.6 Å². The standard InChI is InChI=1S/C19H21F3N6O2/c1-10(2)28-9-15(29)27(4)14-8-24-18(26-16(14)28)25-13-6-11(17(30)23-3)5-12(7-13)19(20,21)22/h5-8,10H,9H2,1-4H3,(H,23,30)(H,24,25,26). The van der Waals surface area contributed by atoms with Gasteiger partial charge in [0, 0.05) is 31.4 Å². The van der Waals surface area contributed by atoms with E-state index in [1.165, 1.54) is 24.2 Å². The largest absolute Gasteiger partial charge is 0.416 e. The maximum atomic E-state index is 13.3. The fraction of sp³-hybridized carbons (Fsp3) is 0.368. The number of anilines is 4. The summed E-state index contributed by atoms with van der Waals surface area (Å²) in [7, 11) is 2.94. The minimum Gasteiger partial charge on any atom is -0.355 e. The monoisotopic (exact) mass is 422 g/mol. The third kappa shape index (κ3) is 4.14. The average Bonchev–Trinajstić information content (AvgIpc) is 2.68. The van der Waals surface area contributed by atoms with Crippen LogP contribution in [0.2, 0.25) is 0 Å². The van der Waals surface area contributed by atoms with Crippen molar-refractivity contribution in [3.8, 4) is 0 Å². The van der Waals surface area contributed by atoms with Crippen molar-refractivity contribution in [3.05, 3.63) is 35.5 Å². The molecule has 2 amide bonds. The highest BCUT2D eigenvalue weighted by Gasteiger charge is 2.33. The Bertz CT molecular complexity index is 993. The van der Waals surface area contributed by atoms with E-state index in [0.717, 1.165) is 12.1 Å². The molecular formula is C19H21F3N6O2. The number of nitrogens with one attached hydrogen (secondary N) is 2. The molecule has 0 saturated carbocycles. The summed E-state index contributed by atoms with van der Waals surface area (Å²) in [5, 5.41) is 5.05. The van der Waals surface area contributed by atoms with Crippen molar-refractivity contribution in [3.63, 3.8) is 0 Å². The first-order valence-electron chi connectivity index (χ1n) is 9.13. The second-order valence-corrected chi connectivity index (χ2v) is 7.08. The third-order valence-corrected chi connectivity index (χ3v) is 4.69. The molecule has 0 spiro atoms. The number of halogens is 3. The summed E-state index contributed by atoms with van der Waals surface area (Å²) in [6, 6.07) is 2.91. The van der Waals surface area contributed by atoms with Gasteiger partial charge in [0.25, 0.3) is 5.91 Å². The van der Waals surface area contributed by atoms with E-state index in [1.54, 1.807) is 11.9 Å². The fourth-order valence-corrected chi connectivity index (χ4v) is 3.03. The highest BCUT2D eigenvalue weighted by atomic mass is 19.4. The van der Waals surface area contributed by atoms with Crippen molar-refractivity contribution in [1.82, 2.24) is 15.3 Å². The molecule has 160 valence electrons. The zero-order valence-electron chi connectivity index (χ0n) is 16.8. The molecule has 2 N–H and O–H groups in total. The first-order chi connectivity index (χ1) is 14.0. The minimum atomic E-state index is -4.63. The van der Waals surface area contributed by atoms with E-state index in [4.69, 9.17) is 0 Å². The molecule has 0 radical (unpaired) electrons. The molecule has 3 rings (SSSR count). The number of fused-ring (bicyclic) bond motifs is 1. The number of alkyl halides is 3. The highest BCUT2D eigenvalue weighted by molar-refractivity contribution is 6.02. The number of aromatic nitrogens is 2. The van der Waals surface area contributed by atoms with Gasteiger partial charge < -0.3 is 20.4 Å². The summed E-state index contributed by atoms with van der Waals surface area (Å²) in [5.41, 5.74) is -0.611. The van der Waals surface area contributed by atoms with E-state index >= 15 is 0 Å². The van der Waals surface area contributed by atoms with Crippen molar-refractivity contribution in [2.75, 3.05) is 35.8 Å². The van der Waals surface area contributed by atoms with Crippen molar-refractivity contribution >= 4 is 35.0 Å². The van der Waals surface area contributed by atoms with Crippen LogP contribution in [0, 0.1) is 0 Å². The normalized spacial score (nSPS) is 14.1. The topological polar surface area (TPSA) is 90.5 Å². The second kappa shape index (κ2) is 7.81. The Hall–Kier alpha value is -3.37. The number of amides is 2. The minimum absolute atomic E-state index is 0.0136. The van der Waals surface area contributed by atoms with Crippen LogP contribution in [0.3, 0.4) is 0 Å². The maximum Gasteiger partial charge on any atom is 0.416 e. The van der Waals surface area contributed by atoms with Crippen LogP contribution in [0.4, 0.5) is 36.3 Å². The van der Waals surface area contributed by atoms with Crippen LogP contribution >= 0.6 is 0 Å². The lowest BCUT2D eigenvalue weighted by Crippen LogP contribution is -2.47. The van der Waals surface area contributed by atoms with Crippen LogP contribution in [0.1, 0.15) is 29.8 Å². The van der Waals surface area contributed by atoms with Gasteiger partial charge in [-0.3, -0.25) is 9.59 Å². The Morgan fingerprint density at radius 3 is 2.53 bits per heavy atom. The number of nitrogens with zero attached hydrogens (tertiary/aromatic N) is 4. The summed E-state index contributed by atoms with van der Waals surface area (Å²) in [6.07, 6.45) is -3.20. The molecule has 0 bridgehead atoms. The van der Waals surface area contributed by atoms with Crippen molar-refractivity contribution in [2.45, 2.75) is 26.1 Å². The summed E-state index contributed by atoms with van der Waals surface area (Å²) < 4.78 is 39.8. The first-order valence-corrected chi connectivity index (χ1v) is 9.13. The lowest BCUT2D eigenvalue weighted by Gasteiger charge is -2.36. The first kappa shape index (κ1) is 21.3. The number of hydrogen-bond acceptors (Lipinski definition) is 6. The SMILES string of the molecule is CNC(=O)c1cc(Nc2ncc3c(n2)N(C(C)C)CC(=O)N3C)cc(C(F)(F)F)c1. The van der Waals surface area contributed by atoms with E-state index in [-0.39, 0.29) is 35.7 Å². The molecule has 2 aromatic rings. The van der Waals surface area contributed by atoms with Gasteiger partial charge in [-0.2, -0.15) is 18.2 Å². The van der Waals surface area contributed by atoms with Crippen LogP contribution in [0.25, 0.3) is 0 Å². The van der Waals surface area contributed by atoms with Gasteiger partial charge in [-0.05, 0) is 32.0 Å². The zero-order valence-corrected chi connectivity index (χ0v) is 16.8. The number of carbonyl (C=O) groups excluding carboxylic acids is 2. The van der Waals surface area contributed by atoms with Crippen molar-refractivity contribution in [2.24, 2.45) is 0 Å². The highest BCUT2D eigenvalue weighted by Crippen LogP contribution is 2.35. The van der Waals surface area contributed by atoms with Gasteiger partial charge in [-0.1, -0.05) is 0 Å². The molecule has 1 aromatic carbocycles. The average molecular weight is 422 g/mol. The smallest absolute Gasteiger partial charge is 0.355 e. The Morgan fingerprint density at radius 2 is 1.93 bits per heavy atom. The summed E-state index contributed by atoms with van der Waals surface area (Å²) in [5.74, 6) is -0.234. The molecular weight excluding hydrogens is 401 g/mol. The van der Waals surface area contributed by atoms with Crippen LogP contribution < -0.4 is 20.4 Å². The Morgan fingerprint density at radius 1 is 1.23 bits per heavy atom. The number of likely N-dealkylation sites (N-methyl/N-ethyl adjacent to an activating group) is 1. The summed E-state index contributed by atoms with van der Waals surface area (Å²) in [4.78, 5) is 35.8. The molecule has 1 aliphatic rings. The predicted octanol–water partition coefficient (Wildman–Crippen LogP) is 2.79. The molecule has 30 heavy (non-hydrogen) atoms. The molecule has 8 nitrogen and oxygen atoms in total. The lowest BCUT2D eigenvalue weighted by atomic mass is 10.1. The van der Waals surface area contributed by atoms with E-state index in [2.05, 4.69) is 20.6 Å². The lowest BCUT2D eigenvalue weighted by molar-refractivity contribution is -0.137. The molecule has 11 heteroatoms. The molecule has 0 fully saturated rings. The van der Waals surface area contributed by atoms with Gasteiger partial charge in [0.15, 0.2) is 5.82 Å². The fourth-order valence-electron chi connectivity index (χ4n) is 3.03. The van der Waals surface area contributed by atoms with Gasteiger partial charge in [0.05, 0.1) is 18.3 Å².